The summed E-state index contributed by atoms with van der Waals surface area (Å²) in [6, 6.07) is 7.30. The fourth-order valence-electron chi connectivity index (χ4n) is 2.14. The highest BCUT2D eigenvalue weighted by molar-refractivity contribution is 7.90. The van der Waals surface area contributed by atoms with Crippen molar-refractivity contribution in [3.8, 4) is 5.75 Å². The molecule has 1 aromatic carbocycles. The zero-order valence-corrected chi connectivity index (χ0v) is 14.5. The SMILES string of the molecule is C[C@@H](c1cccc(O)c1)N(C)Cc1csc(CS(C)(=O)=O)n1. The third kappa shape index (κ3) is 4.79. The van der Waals surface area contributed by atoms with E-state index in [2.05, 4.69) is 16.8 Å². The van der Waals surface area contributed by atoms with E-state index in [1.54, 1.807) is 12.1 Å². The van der Waals surface area contributed by atoms with Crippen molar-refractivity contribution in [2.24, 2.45) is 0 Å². The summed E-state index contributed by atoms with van der Waals surface area (Å²) in [5, 5.41) is 12.1. The molecule has 1 N–H and O–H groups in total. The van der Waals surface area contributed by atoms with E-state index in [0.717, 1.165) is 11.3 Å². The van der Waals surface area contributed by atoms with Crippen LogP contribution in [0.25, 0.3) is 0 Å². The quantitative estimate of drug-likeness (QED) is 0.875. The van der Waals surface area contributed by atoms with Gasteiger partial charge in [-0.05, 0) is 31.7 Å². The molecule has 0 bridgehead atoms. The predicted molar refractivity (Wildman–Crippen MR) is 88.7 cm³/mol. The van der Waals surface area contributed by atoms with E-state index in [1.165, 1.54) is 17.6 Å². The number of nitrogens with zero attached hydrogens (tertiary/aromatic N) is 2. The molecule has 2 aromatic rings. The standard InChI is InChI=1S/C15H20N2O3S2/c1-11(12-5-4-6-14(18)7-12)17(2)8-13-9-21-15(16-13)10-22(3,19)20/h4-7,9,11,18H,8,10H2,1-3H3/t11-/m0/s1. The number of rotatable bonds is 6. The van der Waals surface area contributed by atoms with Crippen LogP contribution >= 0.6 is 11.3 Å². The van der Waals surface area contributed by atoms with Crippen LogP contribution in [-0.2, 0) is 22.1 Å². The van der Waals surface area contributed by atoms with E-state index in [-0.39, 0.29) is 17.5 Å². The Balaban J connectivity index is 2.04. The number of sulfone groups is 1. The number of phenols is 1. The summed E-state index contributed by atoms with van der Waals surface area (Å²) in [6.07, 6.45) is 1.21. The molecule has 7 heteroatoms. The summed E-state index contributed by atoms with van der Waals surface area (Å²) in [5.41, 5.74) is 1.88. The highest BCUT2D eigenvalue weighted by Gasteiger charge is 2.15. The molecular weight excluding hydrogens is 320 g/mol. The Morgan fingerprint density at radius 3 is 2.77 bits per heavy atom. The predicted octanol–water partition coefficient (Wildman–Crippen LogP) is 2.59. The third-order valence-electron chi connectivity index (χ3n) is 3.41. The molecule has 0 aliphatic rings. The molecule has 1 atom stereocenters. The number of phenolic OH excluding ortho intramolecular Hbond substituents is 1. The Labute approximate surface area is 135 Å². The molecule has 22 heavy (non-hydrogen) atoms. The van der Waals surface area contributed by atoms with Crippen LogP contribution in [0.2, 0.25) is 0 Å². The van der Waals surface area contributed by atoms with E-state index >= 15 is 0 Å². The highest BCUT2D eigenvalue weighted by Crippen LogP contribution is 2.24. The molecule has 0 saturated carbocycles. The average molecular weight is 340 g/mol. The van der Waals surface area contributed by atoms with Gasteiger partial charge in [-0.3, -0.25) is 4.90 Å². The monoisotopic (exact) mass is 340 g/mol. The molecule has 0 unspecified atom stereocenters. The Kier molecular flexibility index (Phi) is 5.20. The molecule has 1 aromatic heterocycles. The van der Waals surface area contributed by atoms with Crippen LogP contribution < -0.4 is 0 Å². The van der Waals surface area contributed by atoms with Gasteiger partial charge >= 0.3 is 0 Å². The normalized spacial score (nSPS) is 13.5. The van der Waals surface area contributed by atoms with Gasteiger partial charge in [0.1, 0.15) is 16.5 Å². The van der Waals surface area contributed by atoms with Crippen molar-refractivity contribution in [3.63, 3.8) is 0 Å². The first-order valence-electron chi connectivity index (χ1n) is 6.85. The van der Waals surface area contributed by atoms with Crippen molar-refractivity contribution >= 4 is 21.2 Å². The van der Waals surface area contributed by atoms with Gasteiger partial charge in [0.25, 0.3) is 0 Å². The summed E-state index contributed by atoms with van der Waals surface area (Å²) in [6.45, 7) is 2.68. The molecule has 120 valence electrons. The summed E-state index contributed by atoms with van der Waals surface area (Å²) in [4.78, 5) is 6.48. The lowest BCUT2D eigenvalue weighted by Gasteiger charge is -2.24. The smallest absolute Gasteiger partial charge is 0.153 e. The maximum Gasteiger partial charge on any atom is 0.153 e. The van der Waals surface area contributed by atoms with Gasteiger partial charge in [-0.15, -0.1) is 11.3 Å². The number of benzene rings is 1. The van der Waals surface area contributed by atoms with Crippen molar-refractivity contribution in [2.45, 2.75) is 25.3 Å². The fraction of sp³-hybridized carbons (Fsp3) is 0.400. The van der Waals surface area contributed by atoms with Gasteiger partial charge in [-0.25, -0.2) is 13.4 Å². The van der Waals surface area contributed by atoms with E-state index in [0.29, 0.717) is 11.6 Å². The van der Waals surface area contributed by atoms with Crippen LogP contribution in [0.15, 0.2) is 29.6 Å². The van der Waals surface area contributed by atoms with Gasteiger partial charge in [0.05, 0.1) is 5.69 Å². The molecule has 0 aliphatic carbocycles. The molecule has 0 radical (unpaired) electrons. The van der Waals surface area contributed by atoms with E-state index in [9.17, 15) is 13.5 Å². The lowest BCUT2D eigenvalue weighted by Crippen LogP contribution is -2.22. The van der Waals surface area contributed by atoms with Gasteiger partial charge in [0.15, 0.2) is 9.84 Å². The second-order valence-corrected chi connectivity index (χ2v) is 8.57. The largest absolute Gasteiger partial charge is 0.508 e. The molecule has 0 fully saturated rings. The average Bonchev–Trinajstić information content (AvgIpc) is 2.82. The van der Waals surface area contributed by atoms with Crippen LogP contribution in [0, 0.1) is 0 Å². The Morgan fingerprint density at radius 1 is 1.41 bits per heavy atom. The number of aromatic nitrogens is 1. The van der Waals surface area contributed by atoms with Crippen LogP contribution in [0.1, 0.15) is 29.2 Å². The number of thiazole rings is 1. The number of aromatic hydroxyl groups is 1. The number of hydrogen-bond donors (Lipinski definition) is 1. The fourth-order valence-corrected chi connectivity index (χ4v) is 4.14. The second kappa shape index (κ2) is 6.76. The van der Waals surface area contributed by atoms with Crippen molar-refractivity contribution in [3.05, 3.63) is 45.9 Å². The lowest BCUT2D eigenvalue weighted by atomic mass is 10.1. The summed E-state index contributed by atoms with van der Waals surface area (Å²) >= 11 is 1.37. The van der Waals surface area contributed by atoms with Crippen LogP contribution in [0.4, 0.5) is 0 Å². The molecule has 2 rings (SSSR count). The first kappa shape index (κ1) is 16.9. The Morgan fingerprint density at radius 2 is 2.14 bits per heavy atom. The van der Waals surface area contributed by atoms with E-state index in [4.69, 9.17) is 0 Å². The van der Waals surface area contributed by atoms with Gasteiger partial charge in [0, 0.05) is 24.2 Å². The van der Waals surface area contributed by atoms with E-state index < -0.39 is 9.84 Å². The second-order valence-electron chi connectivity index (χ2n) is 5.49. The molecular formula is C15H20N2O3S2. The minimum atomic E-state index is -3.05. The van der Waals surface area contributed by atoms with Crippen molar-refractivity contribution < 1.29 is 13.5 Å². The van der Waals surface area contributed by atoms with Crippen LogP contribution in [-0.4, -0.2) is 36.7 Å². The van der Waals surface area contributed by atoms with Crippen LogP contribution in [0.3, 0.4) is 0 Å². The molecule has 1 heterocycles. The van der Waals surface area contributed by atoms with Crippen molar-refractivity contribution in [1.29, 1.82) is 0 Å². The minimum Gasteiger partial charge on any atom is -0.508 e. The Bertz CT molecular complexity index is 741. The van der Waals surface area contributed by atoms with Gasteiger partial charge in [-0.2, -0.15) is 0 Å². The first-order chi connectivity index (χ1) is 10.2. The van der Waals surface area contributed by atoms with Crippen molar-refractivity contribution in [2.75, 3.05) is 13.3 Å². The maximum atomic E-state index is 11.3. The van der Waals surface area contributed by atoms with E-state index in [1.807, 2.05) is 24.6 Å². The minimum absolute atomic E-state index is 0.0104. The van der Waals surface area contributed by atoms with Gasteiger partial charge < -0.3 is 5.11 Å². The zero-order chi connectivity index (χ0) is 16.3. The summed E-state index contributed by atoms with van der Waals surface area (Å²) in [5.74, 6) is 0.241. The van der Waals surface area contributed by atoms with Gasteiger partial charge in [0.2, 0.25) is 0 Å². The van der Waals surface area contributed by atoms with Crippen molar-refractivity contribution in [1.82, 2.24) is 9.88 Å². The molecule has 0 amide bonds. The molecule has 0 saturated heterocycles. The first-order valence-corrected chi connectivity index (χ1v) is 9.79. The third-order valence-corrected chi connectivity index (χ3v) is 5.29. The molecule has 5 nitrogen and oxygen atoms in total. The molecule has 0 aliphatic heterocycles. The highest BCUT2D eigenvalue weighted by atomic mass is 32.2. The zero-order valence-electron chi connectivity index (χ0n) is 12.9. The maximum absolute atomic E-state index is 11.3. The topological polar surface area (TPSA) is 70.5 Å². The Hall–Kier alpha value is -1.44. The summed E-state index contributed by atoms with van der Waals surface area (Å²) < 4.78 is 22.6. The summed E-state index contributed by atoms with van der Waals surface area (Å²) in [7, 11) is -1.07. The lowest BCUT2D eigenvalue weighted by molar-refractivity contribution is 0.250. The van der Waals surface area contributed by atoms with Crippen LogP contribution in [0.5, 0.6) is 5.75 Å². The number of hydrogen-bond acceptors (Lipinski definition) is 6. The van der Waals surface area contributed by atoms with Gasteiger partial charge in [-0.1, -0.05) is 12.1 Å². The molecule has 0 spiro atoms.